The van der Waals surface area contributed by atoms with Crippen molar-refractivity contribution in [2.24, 2.45) is 0 Å². The Morgan fingerprint density at radius 1 is 1.21 bits per heavy atom. The first-order valence-electron chi connectivity index (χ1n) is 7.75. The Morgan fingerprint density at radius 3 is 2.50 bits per heavy atom. The first kappa shape index (κ1) is 16.7. The number of methoxy groups -OCH3 is 1. The van der Waals surface area contributed by atoms with Crippen LogP contribution in [0.1, 0.15) is 23.5 Å². The summed E-state index contributed by atoms with van der Waals surface area (Å²) in [7, 11) is 1.62. The molecule has 0 unspecified atom stereocenters. The number of thiazole rings is 1. The highest BCUT2D eigenvalue weighted by atomic mass is 32.1. The molecule has 126 valence electrons. The number of ether oxygens (including phenoxy) is 1. The van der Waals surface area contributed by atoms with Crippen molar-refractivity contribution in [2.45, 2.75) is 13.8 Å². The summed E-state index contributed by atoms with van der Waals surface area (Å²) in [5.74, 6) is 0.650. The van der Waals surface area contributed by atoms with E-state index in [2.05, 4.69) is 29.0 Å². The third-order valence-corrected chi connectivity index (χ3v) is 5.90. The number of nitrogens with zero attached hydrogens (tertiary/aromatic N) is 2. The number of benzene rings is 1. The predicted molar refractivity (Wildman–Crippen MR) is 102 cm³/mol. The fourth-order valence-corrected chi connectivity index (χ4v) is 4.57. The van der Waals surface area contributed by atoms with Crippen molar-refractivity contribution in [1.82, 2.24) is 4.98 Å². The van der Waals surface area contributed by atoms with Crippen LogP contribution in [0, 0.1) is 0 Å². The van der Waals surface area contributed by atoms with Crippen LogP contribution < -0.4 is 15.0 Å². The molecule has 0 saturated heterocycles. The third kappa shape index (κ3) is 3.37. The Kier molecular flexibility index (Phi) is 5.01. The summed E-state index contributed by atoms with van der Waals surface area (Å²) in [5, 5.41) is 3.92. The number of hydrogen-bond donors (Lipinski definition) is 1. The molecular formula is C17H19N3O2S2. The Hall–Kier alpha value is -2.12. The molecule has 0 saturated carbocycles. The lowest BCUT2D eigenvalue weighted by molar-refractivity contribution is 0.103. The molecule has 0 aliphatic rings. The summed E-state index contributed by atoms with van der Waals surface area (Å²) in [4.78, 5) is 20.9. The third-order valence-electron chi connectivity index (χ3n) is 3.68. The van der Waals surface area contributed by atoms with E-state index in [0.717, 1.165) is 39.2 Å². The molecule has 3 rings (SSSR count). The Morgan fingerprint density at radius 2 is 1.92 bits per heavy atom. The van der Waals surface area contributed by atoms with Gasteiger partial charge in [-0.3, -0.25) is 4.79 Å². The lowest BCUT2D eigenvalue weighted by atomic mass is 10.3. The van der Waals surface area contributed by atoms with E-state index in [4.69, 9.17) is 4.74 Å². The molecule has 7 heteroatoms. The number of hydrogen-bond acceptors (Lipinski definition) is 6. The van der Waals surface area contributed by atoms with Crippen LogP contribution in [-0.2, 0) is 0 Å². The number of nitrogens with one attached hydrogen (secondary N) is 1. The quantitative estimate of drug-likeness (QED) is 0.704. The van der Waals surface area contributed by atoms with Crippen molar-refractivity contribution in [3.63, 3.8) is 0 Å². The first-order valence-corrected chi connectivity index (χ1v) is 9.38. The highest BCUT2D eigenvalue weighted by Gasteiger charge is 2.16. The van der Waals surface area contributed by atoms with Gasteiger partial charge in [-0.1, -0.05) is 11.3 Å². The summed E-state index contributed by atoms with van der Waals surface area (Å²) in [6.07, 6.45) is 0. The lowest BCUT2D eigenvalue weighted by Crippen LogP contribution is -2.21. The van der Waals surface area contributed by atoms with Gasteiger partial charge in [-0.25, -0.2) is 4.98 Å². The fraction of sp³-hybridized carbons (Fsp3) is 0.294. The van der Waals surface area contributed by atoms with Gasteiger partial charge in [-0.05, 0) is 44.2 Å². The number of rotatable bonds is 6. The van der Waals surface area contributed by atoms with Gasteiger partial charge in [0.15, 0.2) is 5.13 Å². The molecule has 0 fully saturated rings. The number of carbonyl (C=O) groups excluding carboxylic acids is 1. The highest BCUT2D eigenvalue weighted by Crippen LogP contribution is 2.34. The lowest BCUT2D eigenvalue weighted by Gasteiger charge is -2.16. The molecule has 0 aliphatic carbocycles. The van der Waals surface area contributed by atoms with Crippen molar-refractivity contribution >= 4 is 48.9 Å². The zero-order valence-electron chi connectivity index (χ0n) is 13.8. The number of fused-ring (bicyclic) bond motifs is 1. The van der Waals surface area contributed by atoms with Crippen molar-refractivity contribution in [3.05, 3.63) is 35.2 Å². The van der Waals surface area contributed by atoms with Gasteiger partial charge in [-0.15, -0.1) is 11.3 Å². The van der Waals surface area contributed by atoms with E-state index in [-0.39, 0.29) is 5.91 Å². The second kappa shape index (κ2) is 7.19. The molecule has 0 bridgehead atoms. The van der Waals surface area contributed by atoms with E-state index in [1.165, 1.54) is 11.3 Å². The Labute approximate surface area is 148 Å². The summed E-state index contributed by atoms with van der Waals surface area (Å²) >= 11 is 3.06. The molecule has 2 heterocycles. The zero-order chi connectivity index (χ0) is 17.1. The van der Waals surface area contributed by atoms with Gasteiger partial charge in [0.2, 0.25) is 0 Å². The molecule has 0 radical (unpaired) electrons. The second-order valence-corrected chi connectivity index (χ2v) is 7.17. The monoisotopic (exact) mass is 361 g/mol. The zero-order valence-corrected chi connectivity index (χ0v) is 15.5. The minimum absolute atomic E-state index is 0.111. The molecule has 24 heavy (non-hydrogen) atoms. The minimum Gasteiger partial charge on any atom is -0.497 e. The topological polar surface area (TPSA) is 54.5 Å². The molecule has 1 N–H and O–H groups in total. The highest BCUT2D eigenvalue weighted by molar-refractivity contribution is 7.29. The molecule has 0 spiro atoms. The molecule has 0 atom stereocenters. The maximum absolute atomic E-state index is 12.4. The maximum atomic E-state index is 12.4. The summed E-state index contributed by atoms with van der Waals surface area (Å²) in [6.45, 7) is 6.10. The van der Waals surface area contributed by atoms with Crippen LogP contribution in [0.15, 0.2) is 30.3 Å². The van der Waals surface area contributed by atoms with Crippen LogP contribution in [0.2, 0.25) is 0 Å². The maximum Gasteiger partial charge on any atom is 0.265 e. The normalized spacial score (nSPS) is 10.8. The van der Waals surface area contributed by atoms with Crippen molar-refractivity contribution in [1.29, 1.82) is 0 Å². The summed E-state index contributed by atoms with van der Waals surface area (Å²) < 4.78 is 6.17. The van der Waals surface area contributed by atoms with Gasteiger partial charge in [-0.2, -0.15) is 0 Å². The van der Waals surface area contributed by atoms with Gasteiger partial charge in [0.25, 0.3) is 5.91 Å². The van der Waals surface area contributed by atoms with Gasteiger partial charge >= 0.3 is 0 Å². The van der Waals surface area contributed by atoms with E-state index < -0.39 is 0 Å². The first-order chi connectivity index (χ1) is 11.6. The fourth-order valence-electron chi connectivity index (χ4n) is 2.33. The number of carbonyl (C=O) groups is 1. The van der Waals surface area contributed by atoms with Crippen molar-refractivity contribution in [3.8, 4) is 5.75 Å². The molecule has 5 nitrogen and oxygen atoms in total. The Balaban J connectivity index is 1.76. The van der Waals surface area contributed by atoms with Crippen LogP contribution in [-0.4, -0.2) is 31.1 Å². The smallest absolute Gasteiger partial charge is 0.265 e. The predicted octanol–water partition coefficient (Wildman–Crippen LogP) is 4.46. The summed E-state index contributed by atoms with van der Waals surface area (Å²) in [5.41, 5.74) is 0.745. The second-order valence-electron chi connectivity index (χ2n) is 5.13. The molecule has 1 amide bonds. The van der Waals surface area contributed by atoms with E-state index in [1.807, 2.05) is 30.3 Å². The van der Waals surface area contributed by atoms with Gasteiger partial charge in [0.1, 0.15) is 10.6 Å². The SMILES string of the molecule is CCN(CC)c1nc2sc(C(=O)Nc3ccc(OC)cc3)cc2s1. The largest absolute Gasteiger partial charge is 0.497 e. The number of aromatic nitrogens is 1. The van der Waals surface area contributed by atoms with E-state index in [1.54, 1.807) is 18.4 Å². The van der Waals surface area contributed by atoms with Gasteiger partial charge in [0.05, 0.1) is 16.7 Å². The molecule has 0 aliphatic heterocycles. The van der Waals surface area contributed by atoms with Crippen LogP contribution in [0.5, 0.6) is 5.75 Å². The van der Waals surface area contributed by atoms with Crippen molar-refractivity contribution in [2.75, 3.05) is 30.4 Å². The van der Waals surface area contributed by atoms with Crippen LogP contribution >= 0.6 is 22.7 Å². The van der Waals surface area contributed by atoms with Crippen LogP contribution in [0.4, 0.5) is 10.8 Å². The number of amides is 1. The van der Waals surface area contributed by atoms with Gasteiger partial charge in [0, 0.05) is 18.8 Å². The standard InChI is InChI=1S/C17H19N3O2S2/c1-4-20(5-2)17-19-16-14(24-17)10-13(23-16)15(21)18-11-6-8-12(22-3)9-7-11/h6-10H,4-5H2,1-3H3,(H,18,21). The molecule has 2 aromatic heterocycles. The van der Waals surface area contributed by atoms with E-state index >= 15 is 0 Å². The van der Waals surface area contributed by atoms with Crippen LogP contribution in [0.25, 0.3) is 9.53 Å². The molecule has 1 aromatic carbocycles. The van der Waals surface area contributed by atoms with Gasteiger partial charge < -0.3 is 15.0 Å². The minimum atomic E-state index is -0.111. The molecule has 3 aromatic rings. The van der Waals surface area contributed by atoms with E-state index in [0.29, 0.717) is 4.88 Å². The van der Waals surface area contributed by atoms with E-state index in [9.17, 15) is 4.79 Å². The summed E-state index contributed by atoms with van der Waals surface area (Å²) in [6, 6.07) is 9.21. The number of anilines is 2. The van der Waals surface area contributed by atoms with Crippen LogP contribution in [0.3, 0.4) is 0 Å². The van der Waals surface area contributed by atoms with Crippen molar-refractivity contribution < 1.29 is 9.53 Å². The Bertz CT molecular complexity index is 804. The molecular weight excluding hydrogens is 342 g/mol. The average molecular weight is 361 g/mol. The number of thiophene rings is 1. The average Bonchev–Trinajstić information content (AvgIpc) is 3.16.